The van der Waals surface area contributed by atoms with E-state index in [4.69, 9.17) is 4.74 Å². The Morgan fingerprint density at radius 3 is 2.58 bits per heavy atom. The van der Waals surface area contributed by atoms with E-state index in [1.807, 2.05) is 49.4 Å². The molecule has 3 aromatic rings. The lowest BCUT2D eigenvalue weighted by Gasteiger charge is -2.06. The molecule has 3 rings (SSSR count). The number of aromatic nitrogens is 2. The van der Waals surface area contributed by atoms with E-state index in [0.29, 0.717) is 5.82 Å². The van der Waals surface area contributed by atoms with Crippen molar-refractivity contribution < 1.29 is 4.74 Å². The Labute approximate surface area is 157 Å². The molecule has 1 heterocycles. The van der Waals surface area contributed by atoms with Crippen LogP contribution < -0.4 is 10.2 Å². The summed E-state index contributed by atoms with van der Waals surface area (Å²) < 4.78 is 5.17. The quantitative estimate of drug-likeness (QED) is 0.287. The first-order valence-corrected chi connectivity index (χ1v) is 9.17. The van der Waals surface area contributed by atoms with Gasteiger partial charge in [0.25, 0.3) is 0 Å². The second kappa shape index (κ2) is 9.01. The van der Waals surface area contributed by atoms with Crippen LogP contribution in [-0.4, -0.2) is 22.8 Å². The van der Waals surface area contributed by atoms with Crippen LogP contribution in [-0.2, 0) is 5.75 Å². The molecule has 0 amide bonds. The van der Waals surface area contributed by atoms with Crippen LogP contribution in [0.1, 0.15) is 18.1 Å². The molecule has 0 radical (unpaired) electrons. The number of nitrogens with one attached hydrogen (secondary N) is 1. The standard InChI is InChI=1S/C20H20N4OS/c1-15(17-8-10-18(25-2)11-9-17)23-24-19-12-13-21-20(22-19)26-14-16-6-4-3-5-7-16/h3-13H,14H2,1-2H3,(H,21,22,24)/b23-15+. The van der Waals surface area contributed by atoms with E-state index in [2.05, 4.69) is 32.6 Å². The summed E-state index contributed by atoms with van der Waals surface area (Å²) in [4.78, 5) is 8.80. The molecule has 0 bridgehead atoms. The van der Waals surface area contributed by atoms with Gasteiger partial charge in [0.15, 0.2) is 11.0 Å². The fourth-order valence-electron chi connectivity index (χ4n) is 2.23. The molecule has 0 saturated heterocycles. The fourth-order valence-corrected chi connectivity index (χ4v) is 3.02. The summed E-state index contributed by atoms with van der Waals surface area (Å²) in [6.07, 6.45) is 1.74. The maximum absolute atomic E-state index is 5.17. The first kappa shape index (κ1) is 17.9. The Balaban J connectivity index is 1.62. The molecular weight excluding hydrogens is 344 g/mol. The number of methoxy groups -OCH3 is 1. The molecule has 2 aromatic carbocycles. The van der Waals surface area contributed by atoms with Crippen molar-refractivity contribution in [2.24, 2.45) is 5.10 Å². The molecule has 1 N–H and O–H groups in total. The molecule has 132 valence electrons. The van der Waals surface area contributed by atoms with Gasteiger partial charge in [0.1, 0.15) is 5.75 Å². The van der Waals surface area contributed by atoms with E-state index >= 15 is 0 Å². The van der Waals surface area contributed by atoms with Gasteiger partial charge in [-0.1, -0.05) is 42.1 Å². The highest BCUT2D eigenvalue weighted by atomic mass is 32.2. The lowest BCUT2D eigenvalue weighted by molar-refractivity contribution is 0.415. The summed E-state index contributed by atoms with van der Waals surface area (Å²) in [6.45, 7) is 1.95. The van der Waals surface area contributed by atoms with Gasteiger partial charge in [0.2, 0.25) is 0 Å². The van der Waals surface area contributed by atoms with Gasteiger partial charge in [-0.15, -0.1) is 0 Å². The molecule has 1 aromatic heterocycles. The van der Waals surface area contributed by atoms with Gasteiger partial charge in [-0.2, -0.15) is 5.10 Å². The topological polar surface area (TPSA) is 59.4 Å². The lowest BCUT2D eigenvalue weighted by Crippen LogP contribution is -2.01. The molecule has 6 heteroatoms. The van der Waals surface area contributed by atoms with E-state index in [1.54, 1.807) is 31.1 Å². The zero-order chi connectivity index (χ0) is 18.2. The molecule has 0 saturated carbocycles. The van der Waals surface area contributed by atoms with E-state index in [0.717, 1.165) is 27.9 Å². The zero-order valence-electron chi connectivity index (χ0n) is 14.7. The van der Waals surface area contributed by atoms with E-state index in [1.165, 1.54) is 5.56 Å². The van der Waals surface area contributed by atoms with Crippen molar-refractivity contribution in [3.05, 3.63) is 78.0 Å². The Morgan fingerprint density at radius 1 is 1.08 bits per heavy atom. The Bertz CT molecular complexity index is 866. The van der Waals surface area contributed by atoms with E-state index in [-0.39, 0.29) is 0 Å². The van der Waals surface area contributed by atoms with Gasteiger partial charge in [-0.3, -0.25) is 5.43 Å². The summed E-state index contributed by atoms with van der Waals surface area (Å²) in [5.74, 6) is 2.33. The van der Waals surface area contributed by atoms with Crippen LogP contribution in [0, 0.1) is 0 Å². The molecular formula is C20H20N4OS. The average molecular weight is 364 g/mol. The molecule has 0 aliphatic rings. The first-order chi connectivity index (χ1) is 12.7. The van der Waals surface area contributed by atoms with Crippen molar-refractivity contribution >= 4 is 23.3 Å². The Hall–Kier alpha value is -2.86. The Kier molecular flexibility index (Phi) is 6.22. The molecule has 0 aliphatic heterocycles. The average Bonchev–Trinajstić information content (AvgIpc) is 2.71. The number of hydrogen-bond acceptors (Lipinski definition) is 6. The monoisotopic (exact) mass is 364 g/mol. The zero-order valence-corrected chi connectivity index (χ0v) is 15.5. The van der Waals surface area contributed by atoms with Gasteiger partial charge in [0, 0.05) is 18.0 Å². The minimum Gasteiger partial charge on any atom is -0.497 e. The predicted molar refractivity (Wildman–Crippen MR) is 107 cm³/mol. The number of thioether (sulfide) groups is 1. The van der Waals surface area contributed by atoms with Crippen LogP contribution in [0.2, 0.25) is 0 Å². The third kappa shape index (κ3) is 5.07. The largest absolute Gasteiger partial charge is 0.497 e. The van der Waals surface area contributed by atoms with Gasteiger partial charge in [-0.25, -0.2) is 9.97 Å². The molecule has 0 unspecified atom stereocenters. The van der Waals surface area contributed by atoms with Crippen LogP contribution in [0.15, 0.2) is 77.1 Å². The number of benzene rings is 2. The number of rotatable bonds is 7. The van der Waals surface area contributed by atoms with Gasteiger partial charge in [0.05, 0.1) is 12.8 Å². The molecule has 0 spiro atoms. The third-order valence-electron chi connectivity index (χ3n) is 3.69. The smallest absolute Gasteiger partial charge is 0.189 e. The van der Waals surface area contributed by atoms with Crippen molar-refractivity contribution in [3.8, 4) is 5.75 Å². The summed E-state index contributed by atoms with van der Waals surface area (Å²) in [5.41, 5.74) is 6.13. The number of nitrogens with zero attached hydrogens (tertiary/aromatic N) is 3. The van der Waals surface area contributed by atoms with Crippen molar-refractivity contribution in [1.29, 1.82) is 0 Å². The van der Waals surface area contributed by atoms with Crippen LogP contribution in [0.25, 0.3) is 0 Å². The van der Waals surface area contributed by atoms with Crippen molar-refractivity contribution in [2.75, 3.05) is 12.5 Å². The SMILES string of the molecule is COc1ccc(/C(C)=N/Nc2ccnc(SCc3ccccc3)n2)cc1. The summed E-state index contributed by atoms with van der Waals surface area (Å²) in [7, 11) is 1.65. The van der Waals surface area contributed by atoms with Gasteiger partial charge in [-0.05, 0) is 42.3 Å². The predicted octanol–water partition coefficient (Wildman–Crippen LogP) is 4.61. The summed E-state index contributed by atoms with van der Waals surface area (Å²) in [6, 6.07) is 19.8. The highest BCUT2D eigenvalue weighted by Crippen LogP contribution is 2.20. The highest BCUT2D eigenvalue weighted by Gasteiger charge is 2.02. The van der Waals surface area contributed by atoms with Crippen molar-refractivity contribution in [2.45, 2.75) is 17.8 Å². The molecule has 26 heavy (non-hydrogen) atoms. The van der Waals surface area contributed by atoms with Crippen LogP contribution in [0.4, 0.5) is 5.82 Å². The number of ether oxygens (including phenoxy) is 1. The minimum atomic E-state index is 0.670. The summed E-state index contributed by atoms with van der Waals surface area (Å²) >= 11 is 1.60. The van der Waals surface area contributed by atoms with Gasteiger partial charge < -0.3 is 4.74 Å². The lowest BCUT2D eigenvalue weighted by atomic mass is 10.1. The van der Waals surface area contributed by atoms with Gasteiger partial charge >= 0.3 is 0 Å². The fraction of sp³-hybridized carbons (Fsp3) is 0.150. The van der Waals surface area contributed by atoms with E-state index in [9.17, 15) is 0 Å². The number of anilines is 1. The number of hydrazone groups is 1. The molecule has 0 fully saturated rings. The third-order valence-corrected chi connectivity index (χ3v) is 4.62. The second-order valence-electron chi connectivity index (χ2n) is 5.54. The molecule has 5 nitrogen and oxygen atoms in total. The van der Waals surface area contributed by atoms with Crippen molar-refractivity contribution in [3.63, 3.8) is 0 Å². The van der Waals surface area contributed by atoms with Crippen LogP contribution in [0.3, 0.4) is 0 Å². The maximum Gasteiger partial charge on any atom is 0.189 e. The first-order valence-electron chi connectivity index (χ1n) is 8.19. The highest BCUT2D eigenvalue weighted by molar-refractivity contribution is 7.98. The molecule has 0 atom stereocenters. The van der Waals surface area contributed by atoms with Crippen molar-refractivity contribution in [1.82, 2.24) is 9.97 Å². The second-order valence-corrected chi connectivity index (χ2v) is 6.48. The van der Waals surface area contributed by atoms with E-state index < -0.39 is 0 Å². The van der Waals surface area contributed by atoms with Crippen LogP contribution in [0.5, 0.6) is 5.75 Å². The normalized spacial score (nSPS) is 11.2. The Morgan fingerprint density at radius 2 is 1.85 bits per heavy atom. The summed E-state index contributed by atoms with van der Waals surface area (Å²) in [5, 5.41) is 5.12. The minimum absolute atomic E-state index is 0.670. The molecule has 0 aliphatic carbocycles. The maximum atomic E-state index is 5.17. The number of hydrogen-bond donors (Lipinski definition) is 1. The van der Waals surface area contributed by atoms with Crippen LogP contribution >= 0.6 is 11.8 Å².